The van der Waals surface area contributed by atoms with Gasteiger partial charge in [0, 0.05) is 12.1 Å². The summed E-state index contributed by atoms with van der Waals surface area (Å²) < 4.78 is 8.38. The molecular formula is C31H40N4O2. The molecule has 2 unspecified atom stereocenters. The second kappa shape index (κ2) is 9.97. The highest BCUT2D eigenvalue weighted by atomic mass is 16.5. The van der Waals surface area contributed by atoms with Crippen molar-refractivity contribution < 1.29 is 9.53 Å². The number of nitrogens with zero attached hydrogens (tertiary/aromatic N) is 3. The number of fused-ring (bicyclic) bond motifs is 1. The highest BCUT2D eigenvalue weighted by Gasteiger charge is 2.47. The third-order valence-electron chi connectivity index (χ3n) is 8.52. The fourth-order valence-corrected chi connectivity index (χ4v) is 6.16. The molecule has 0 aliphatic carbocycles. The predicted molar refractivity (Wildman–Crippen MR) is 148 cm³/mol. The van der Waals surface area contributed by atoms with E-state index in [4.69, 9.17) is 9.84 Å². The molecule has 2 aliphatic rings. The van der Waals surface area contributed by atoms with Crippen molar-refractivity contribution in [3.05, 3.63) is 83.0 Å². The van der Waals surface area contributed by atoms with Crippen LogP contribution in [0, 0.1) is 6.92 Å². The molecule has 2 aliphatic heterocycles. The minimum absolute atomic E-state index is 0.0121. The molecule has 0 saturated carbocycles. The standard InChI is InChI=1S/C31H40N4O2/c1-6-31(7-2)17-25(37-21-23-15-13-22(3)14-16-23)20-34(31)29(36)26-19-32-35-28(26)33-27(18-30(35,4)5)24-11-9-8-10-12-24/h8-16,19,25,27,33H,6-7,17-18,20-21H2,1-5H3. The van der Waals surface area contributed by atoms with E-state index in [1.165, 1.54) is 11.1 Å². The van der Waals surface area contributed by atoms with Crippen LogP contribution >= 0.6 is 0 Å². The van der Waals surface area contributed by atoms with E-state index in [1.54, 1.807) is 6.20 Å². The van der Waals surface area contributed by atoms with Crippen LogP contribution in [-0.4, -0.2) is 38.8 Å². The van der Waals surface area contributed by atoms with Gasteiger partial charge in [0.2, 0.25) is 0 Å². The number of hydrogen-bond acceptors (Lipinski definition) is 4. The molecule has 0 spiro atoms. The second-order valence-electron chi connectivity index (χ2n) is 11.4. The summed E-state index contributed by atoms with van der Waals surface area (Å²) in [5.74, 6) is 0.864. The highest BCUT2D eigenvalue weighted by Crippen LogP contribution is 2.43. The van der Waals surface area contributed by atoms with E-state index < -0.39 is 0 Å². The highest BCUT2D eigenvalue weighted by molar-refractivity contribution is 5.99. The van der Waals surface area contributed by atoms with Crippen LogP contribution < -0.4 is 5.32 Å². The van der Waals surface area contributed by atoms with Gasteiger partial charge in [-0.05, 0) is 57.6 Å². The fraction of sp³-hybridized carbons (Fsp3) is 0.484. The third-order valence-corrected chi connectivity index (χ3v) is 8.52. The Morgan fingerprint density at radius 2 is 1.76 bits per heavy atom. The van der Waals surface area contributed by atoms with Gasteiger partial charge in [-0.2, -0.15) is 5.10 Å². The largest absolute Gasteiger partial charge is 0.372 e. The van der Waals surface area contributed by atoms with Crippen molar-refractivity contribution in [2.75, 3.05) is 11.9 Å². The Kier molecular flexibility index (Phi) is 6.88. The summed E-state index contributed by atoms with van der Waals surface area (Å²) in [4.78, 5) is 16.3. The van der Waals surface area contributed by atoms with E-state index in [0.29, 0.717) is 18.7 Å². The van der Waals surface area contributed by atoms with Gasteiger partial charge in [0.25, 0.3) is 5.91 Å². The first-order chi connectivity index (χ1) is 17.8. The number of carbonyl (C=O) groups excluding carboxylic acids is 1. The van der Waals surface area contributed by atoms with Crippen molar-refractivity contribution in [2.24, 2.45) is 0 Å². The third kappa shape index (κ3) is 4.79. The molecule has 37 heavy (non-hydrogen) atoms. The summed E-state index contributed by atoms with van der Waals surface area (Å²) >= 11 is 0. The van der Waals surface area contributed by atoms with Crippen molar-refractivity contribution in [3.63, 3.8) is 0 Å². The number of aryl methyl sites for hydroxylation is 1. The fourth-order valence-electron chi connectivity index (χ4n) is 6.16. The van der Waals surface area contributed by atoms with Crippen LogP contribution in [0.25, 0.3) is 0 Å². The SMILES string of the molecule is CCC1(CC)CC(OCc2ccc(C)cc2)CN1C(=O)c1cnn2c1NC(c1ccccc1)CC2(C)C. The molecule has 0 bridgehead atoms. The van der Waals surface area contributed by atoms with Crippen LogP contribution in [0.5, 0.6) is 0 Å². The van der Waals surface area contributed by atoms with Gasteiger partial charge in [0.05, 0.1) is 30.5 Å². The number of hydrogen-bond donors (Lipinski definition) is 1. The molecular weight excluding hydrogens is 460 g/mol. The summed E-state index contributed by atoms with van der Waals surface area (Å²) in [6.45, 7) is 12.0. The molecule has 2 aromatic carbocycles. The molecule has 1 aromatic heterocycles. The maximum Gasteiger partial charge on any atom is 0.259 e. The number of carbonyl (C=O) groups is 1. The minimum Gasteiger partial charge on any atom is -0.372 e. The quantitative estimate of drug-likeness (QED) is 0.404. The molecule has 1 saturated heterocycles. The number of amides is 1. The number of ether oxygens (including phenoxy) is 1. The van der Waals surface area contributed by atoms with Crippen molar-refractivity contribution in [2.45, 2.75) is 90.1 Å². The number of likely N-dealkylation sites (tertiary alicyclic amines) is 1. The van der Waals surface area contributed by atoms with Crippen LogP contribution in [0.4, 0.5) is 5.82 Å². The summed E-state index contributed by atoms with van der Waals surface area (Å²) in [6, 6.07) is 19.1. The summed E-state index contributed by atoms with van der Waals surface area (Å²) in [7, 11) is 0. The van der Waals surface area contributed by atoms with Crippen LogP contribution in [0.15, 0.2) is 60.8 Å². The summed E-state index contributed by atoms with van der Waals surface area (Å²) in [5.41, 5.74) is 3.86. The van der Waals surface area contributed by atoms with E-state index in [2.05, 4.69) is 93.4 Å². The number of aromatic nitrogens is 2. The van der Waals surface area contributed by atoms with Gasteiger partial charge in [-0.25, -0.2) is 4.68 Å². The average Bonchev–Trinajstić information content (AvgIpc) is 3.51. The van der Waals surface area contributed by atoms with Crippen molar-refractivity contribution in [1.82, 2.24) is 14.7 Å². The minimum atomic E-state index is -0.215. The topological polar surface area (TPSA) is 59.4 Å². The molecule has 5 rings (SSSR count). The van der Waals surface area contributed by atoms with Crippen LogP contribution in [0.3, 0.4) is 0 Å². The number of anilines is 1. The first-order valence-corrected chi connectivity index (χ1v) is 13.7. The molecule has 2 atom stereocenters. The second-order valence-corrected chi connectivity index (χ2v) is 11.4. The Morgan fingerprint density at radius 1 is 1.05 bits per heavy atom. The predicted octanol–water partition coefficient (Wildman–Crippen LogP) is 6.47. The van der Waals surface area contributed by atoms with Crippen LogP contribution in [-0.2, 0) is 16.9 Å². The van der Waals surface area contributed by atoms with Gasteiger partial charge >= 0.3 is 0 Å². The summed E-state index contributed by atoms with van der Waals surface area (Å²) in [6.07, 6.45) is 5.32. The smallest absolute Gasteiger partial charge is 0.259 e. The maximum absolute atomic E-state index is 14.2. The molecule has 3 aromatic rings. The van der Waals surface area contributed by atoms with Crippen molar-refractivity contribution in [1.29, 1.82) is 0 Å². The van der Waals surface area contributed by atoms with Gasteiger partial charge in [-0.1, -0.05) is 74.0 Å². The molecule has 1 fully saturated rings. The molecule has 6 nitrogen and oxygen atoms in total. The average molecular weight is 501 g/mol. The first kappa shape index (κ1) is 25.5. The zero-order valence-electron chi connectivity index (χ0n) is 22.8. The normalized spacial score (nSPS) is 21.9. The lowest BCUT2D eigenvalue weighted by Gasteiger charge is -2.39. The molecule has 0 radical (unpaired) electrons. The molecule has 196 valence electrons. The van der Waals surface area contributed by atoms with Crippen molar-refractivity contribution in [3.8, 4) is 0 Å². The monoisotopic (exact) mass is 500 g/mol. The molecule has 6 heteroatoms. The maximum atomic E-state index is 14.2. The van der Waals surface area contributed by atoms with E-state index in [1.807, 2.05) is 10.7 Å². The Balaban J connectivity index is 1.40. The molecule has 1 amide bonds. The van der Waals surface area contributed by atoms with E-state index in [9.17, 15) is 4.79 Å². The van der Waals surface area contributed by atoms with Gasteiger partial charge in [-0.3, -0.25) is 4.79 Å². The lowest BCUT2D eigenvalue weighted by molar-refractivity contribution is 0.0436. The van der Waals surface area contributed by atoms with Gasteiger partial charge < -0.3 is 15.0 Å². The van der Waals surface area contributed by atoms with E-state index >= 15 is 0 Å². The van der Waals surface area contributed by atoms with Gasteiger partial charge in [0.15, 0.2) is 0 Å². The van der Waals surface area contributed by atoms with Gasteiger partial charge in [-0.15, -0.1) is 0 Å². The Morgan fingerprint density at radius 3 is 2.43 bits per heavy atom. The zero-order valence-corrected chi connectivity index (χ0v) is 22.8. The molecule has 1 N–H and O–H groups in total. The lowest BCUT2D eigenvalue weighted by Crippen LogP contribution is -2.47. The van der Waals surface area contributed by atoms with Gasteiger partial charge in [0.1, 0.15) is 11.4 Å². The van der Waals surface area contributed by atoms with Crippen LogP contribution in [0.2, 0.25) is 0 Å². The van der Waals surface area contributed by atoms with Crippen molar-refractivity contribution >= 4 is 11.7 Å². The Bertz CT molecular complexity index is 1230. The van der Waals surface area contributed by atoms with Crippen LogP contribution in [0.1, 0.15) is 86.5 Å². The molecule has 3 heterocycles. The lowest BCUT2D eigenvalue weighted by atomic mass is 9.88. The Labute approximate surface area is 221 Å². The number of nitrogens with one attached hydrogen (secondary N) is 1. The van der Waals surface area contributed by atoms with E-state index in [0.717, 1.165) is 37.1 Å². The number of rotatable bonds is 7. The first-order valence-electron chi connectivity index (χ1n) is 13.7. The van der Waals surface area contributed by atoms with E-state index in [-0.39, 0.29) is 29.1 Å². The summed E-state index contributed by atoms with van der Waals surface area (Å²) in [5, 5.41) is 8.38. The zero-order chi connectivity index (χ0) is 26.2. The Hall–Kier alpha value is -3.12. The number of benzene rings is 2.